The van der Waals surface area contributed by atoms with Crippen LogP contribution in [0.4, 0.5) is 0 Å². The summed E-state index contributed by atoms with van der Waals surface area (Å²) in [5.74, 6) is -0.154. The molecule has 0 atom stereocenters. The molecule has 0 fully saturated rings. The number of aromatic nitrogens is 2. The van der Waals surface area contributed by atoms with Gasteiger partial charge in [0.15, 0.2) is 16.1 Å². The molecule has 0 aliphatic rings. The Labute approximate surface area is 154 Å². The molecule has 0 amide bonds. The number of pyridine rings is 1. The van der Waals surface area contributed by atoms with E-state index in [0.717, 1.165) is 0 Å². The number of nitrogens with zero attached hydrogens (tertiary/aromatic N) is 1. The molecule has 3 rings (SSSR count). The Hall–Kier alpha value is -2.15. The van der Waals surface area contributed by atoms with Crippen LogP contribution >= 0.6 is 23.2 Å². The number of aldehydes is 1. The maximum atomic E-state index is 12.6. The molecule has 25 heavy (non-hydrogen) atoms. The fourth-order valence-electron chi connectivity index (χ4n) is 2.39. The molecule has 128 valence electrons. The van der Waals surface area contributed by atoms with E-state index in [1.165, 1.54) is 18.5 Å². The van der Waals surface area contributed by atoms with Crippen LogP contribution in [0, 0.1) is 0 Å². The Morgan fingerprint density at radius 2 is 1.84 bits per heavy atom. The van der Waals surface area contributed by atoms with Crippen molar-refractivity contribution in [2.75, 3.05) is 0 Å². The second-order valence-electron chi connectivity index (χ2n) is 5.32. The zero-order valence-corrected chi connectivity index (χ0v) is 15.1. The van der Waals surface area contributed by atoms with Gasteiger partial charge in [0.2, 0.25) is 0 Å². The van der Waals surface area contributed by atoms with E-state index in [-0.39, 0.29) is 21.4 Å². The zero-order chi connectivity index (χ0) is 18.0. The third-order valence-electron chi connectivity index (χ3n) is 3.64. The Morgan fingerprint density at radius 1 is 1.12 bits per heavy atom. The van der Waals surface area contributed by atoms with Gasteiger partial charge in [-0.1, -0.05) is 35.3 Å². The van der Waals surface area contributed by atoms with Crippen LogP contribution in [0.3, 0.4) is 0 Å². The molecule has 1 aromatic carbocycles. The van der Waals surface area contributed by atoms with Crippen molar-refractivity contribution in [3.05, 3.63) is 70.1 Å². The topological polar surface area (TPSA) is 79.9 Å². The highest BCUT2D eigenvalue weighted by atomic mass is 35.5. The van der Waals surface area contributed by atoms with Crippen molar-refractivity contribution in [3.63, 3.8) is 0 Å². The fourth-order valence-corrected chi connectivity index (χ4v) is 4.05. The van der Waals surface area contributed by atoms with Crippen molar-refractivity contribution in [3.8, 4) is 11.3 Å². The van der Waals surface area contributed by atoms with E-state index in [2.05, 4.69) is 9.97 Å². The van der Waals surface area contributed by atoms with Crippen LogP contribution in [0.15, 0.2) is 53.7 Å². The first-order valence-electron chi connectivity index (χ1n) is 7.16. The number of carbonyl (C=O) groups is 1. The molecule has 0 saturated carbocycles. The Kier molecular flexibility index (Phi) is 4.94. The molecule has 8 heteroatoms. The minimum absolute atomic E-state index is 0.0627. The Morgan fingerprint density at radius 3 is 2.52 bits per heavy atom. The molecular weight excluding hydrogens is 383 g/mol. The quantitative estimate of drug-likeness (QED) is 0.520. The number of sulfone groups is 1. The molecule has 0 radical (unpaired) electrons. The number of rotatable bonds is 5. The average Bonchev–Trinajstić information content (AvgIpc) is 3.07. The van der Waals surface area contributed by atoms with Crippen LogP contribution in [-0.4, -0.2) is 24.7 Å². The molecule has 1 N–H and O–H groups in total. The first kappa shape index (κ1) is 17.7. The summed E-state index contributed by atoms with van der Waals surface area (Å²) in [5, 5.41) is 0.605. The van der Waals surface area contributed by atoms with Crippen LogP contribution in [0.2, 0.25) is 10.2 Å². The summed E-state index contributed by atoms with van der Waals surface area (Å²) >= 11 is 11.7. The van der Waals surface area contributed by atoms with Crippen molar-refractivity contribution in [2.24, 2.45) is 0 Å². The first-order chi connectivity index (χ1) is 11.9. The van der Waals surface area contributed by atoms with Gasteiger partial charge in [-0.05, 0) is 29.8 Å². The predicted octanol–water partition coefficient (Wildman–Crippen LogP) is 4.17. The van der Waals surface area contributed by atoms with Crippen molar-refractivity contribution in [1.29, 1.82) is 0 Å². The smallest absolute Gasteiger partial charge is 0.184 e. The second kappa shape index (κ2) is 7.00. The summed E-state index contributed by atoms with van der Waals surface area (Å²) in [6.45, 7) is 0. The van der Waals surface area contributed by atoms with Gasteiger partial charge in [-0.3, -0.25) is 4.79 Å². The maximum Gasteiger partial charge on any atom is 0.184 e. The molecule has 0 saturated heterocycles. The van der Waals surface area contributed by atoms with Gasteiger partial charge in [0, 0.05) is 28.7 Å². The summed E-state index contributed by atoms with van der Waals surface area (Å²) in [7, 11) is -3.55. The van der Waals surface area contributed by atoms with E-state index in [1.807, 2.05) is 0 Å². The van der Waals surface area contributed by atoms with E-state index in [0.29, 0.717) is 28.1 Å². The van der Waals surface area contributed by atoms with E-state index < -0.39 is 9.84 Å². The van der Waals surface area contributed by atoms with Crippen LogP contribution in [0.1, 0.15) is 15.9 Å². The summed E-state index contributed by atoms with van der Waals surface area (Å²) in [6.07, 6.45) is 3.43. The molecule has 0 spiro atoms. The lowest BCUT2D eigenvalue weighted by Gasteiger charge is -2.04. The van der Waals surface area contributed by atoms with Crippen molar-refractivity contribution < 1.29 is 13.2 Å². The van der Waals surface area contributed by atoms with Crippen LogP contribution in [0.5, 0.6) is 0 Å². The summed E-state index contributed by atoms with van der Waals surface area (Å²) in [5.41, 5.74) is 1.80. The molecular formula is C17H12Cl2N2O3S. The highest BCUT2D eigenvalue weighted by Gasteiger charge is 2.19. The lowest BCUT2D eigenvalue weighted by molar-refractivity contribution is 0.112. The summed E-state index contributed by atoms with van der Waals surface area (Å²) in [4.78, 5) is 18.1. The standard InChI is InChI=1S/C17H12Cl2N2O3S/c18-12-3-1-11(2-4-12)10-25(23,24)13-7-16(21-8-13)14-5-6-20-17(19)15(14)9-22/h1-9,21H,10H2. The number of aromatic amines is 1. The highest BCUT2D eigenvalue weighted by molar-refractivity contribution is 7.90. The van der Waals surface area contributed by atoms with Gasteiger partial charge in [0.25, 0.3) is 0 Å². The molecule has 0 aliphatic carbocycles. The van der Waals surface area contributed by atoms with E-state index in [4.69, 9.17) is 23.2 Å². The van der Waals surface area contributed by atoms with Crippen LogP contribution in [0.25, 0.3) is 11.3 Å². The van der Waals surface area contributed by atoms with Gasteiger partial charge in [0.05, 0.1) is 16.2 Å². The monoisotopic (exact) mass is 394 g/mol. The molecule has 5 nitrogen and oxygen atoms in total. The minimum atomic E-state index is -3.55. The van der Waals surface area contributed by atoms with Crippen molar-refractivity contribution in [1.82, 2.24) is 9.97 Å². The molecule has 2 heterocycles. The van der Waals surface area contributed by atoms with Gasteiger partial charge in [-0.15, -0.1) is 0 Å². The van der Waals surface area contributed by atoms with Crippen LogP contribution in [-0.2, 0) is 15.6 Å². The minimum Gasteiger partial charge on any atom is -0.360 e. The second-order valence-corrected chi connectivity index (χ2v) is 8.10. The van der Waals surface area contributed by atoms with Crippen LogP contribution < -0.4 is 0 Å². The van der Waals surface area contributed by atoms with Gasteiger partial charge in [-0.25, -0.2) is 13.4 Å². The number of hydrogen-bond donors (Lipinski definition) is 1. The van der Waals surface area contributed by atoms with Gasteiger partial charge >= 0.3 is 0 Å². The van der Waals surface area contributed by atoms with Gasteiger partial charge < -0.3 is 4.98 Å². The Bertz CT molecular complexity index is 1030. The van der Waals surface area contributed by atoms with Crippen molar-refractivity contribution >= 4 is 39.3 Å². The van der Waals surface area contributed by atoms with Crippen molar-refractivity contribution in [2.45, 2.75) is 10.6 Å². The lowest BCUT2D eigenvalue weighted by atomic mass is 10.1. The number of carbonyl (C=O) groups excluding carboxylic acids is 1. The fraction of sp³-hybridized carbons (Fsp3) is 0.0588. The normalized spacial score (nSPS) is 11.4. The lowest BCUT2D eigenvalue weighted by Crippen LogP contribution is -2.03. The zero-order valence-electron chi connectivity index (χ0n) is 12.7. The highest BCUT2D eigenvalue weighted by Crippen LogP contribution is 2.28. The summed E-state index contributed by atoms with van der Waals surface area (Å²) < 4.78 is 25.2. The van der Waals surface area contributed by atoms with E-state index in [9.17, 15) is 13.2 Å². The third kappa shape index (κ3) is 3.76. The average molecular weight is 395 g/mol. The third-order valence-corrected chi connectivity index (χ3v) is 5.86. The summed E-state index contributed by atoms with van der Waals surface area (Å²) in [6, 6.07) is 9.69. The maximum absolute atomic E-state index is 12.6. The Balaban J connectivity index is 1.94. The molecule has 0 unspecified atom stereocenters. The number of benzene rings is 1. The molecule has 3 aromatic rings. The van der Waals surface area contributed by atoms with E-state index in [1.54, 1.807) is 30.3 Å². The SMILES string of the molecule is O=Cc1c(-c2cc(S(=O)(=O)Cc3ccc(Cl)cc3)c[nH]2)ccnc1Cl. The molecule has 0 bridgehead atoms. The number of nitrogens with one attached hydrogen (secondary N) is 1. The predicted molar refractivity (Wildman–Crippen MR) is 96.8 cm³/mol. The number of hydrogen-bond acceptors (Lipinski definition) is 4. The first-order valence-corrected chi connectivity index (χ1v) is 9.57. The van der Waals surface area contributed by atoms with Gasteiger partial charge in [-0.2, -0.15) is 0 Å². The number of H-pyrrole nitrogens is 1. The molecule has 2 aromatic heterocycles. The van der Waals surface area contributed by atoms with E-state index >= 15 is 0 Å². The largest absolute Gasteiger partial charge is 0.360 e. The van der Waals surface area contributed by atoms with Gasteiger partial charge in [0.1, 0.15) is 5.15 Å². The number of halogens is 2. The molecule has 0 aliphatic heterocycles.